The molecular formula is C32H42O8. The number of benzene rings is 1. The zero-order valence-electron chi connectivity index (χ0n) is 25.1. The predicted molar refractivity (Wildman–Crippen MR) is 147 cm³/mol. The van der Waals surface area contributed by atoms with Crippen molar-refractivity contribution in [3.8, 4) is 5.75 Å². The van der Waals surface area contributed by atoms with Crippen LogP contribution in [-0.2, 0) is 31.0 Å². The van der Waals surface area contributed by atoms with Crippen LogP contribution in [0.1, 0.15) is 102 Å². The van der Waals surface area contributed by atoms with Crippen molar-refractivity contribution in [2.45, 2.75) is 98.7 Å². The molecule has 2 fully saturated rings. The summed E-state index contributed by atoms with van der Waals surface area (Å²) in [6.45, 7) is 16.7. The monoisotopic (exact) mass is 554 g/mol. The molecule has 8 atom stereocenters. The van der Waals surface area contributed by atoms with Crippen molar-refractivity contribution in [3.05, 3.63) is 28.3 Å². The van der Waals surface area contributed by atoms with E-state index in [4.69, 9.17) is 0 Å². The lowest BCUT2D eigenvalue weighted by Gasteiger charge is -2.65. The highest BCUT2D eigenvalue weighted by Gasteiger charge is 2.80. The van der Waals surface area contributed by atoms with Gasteiger partial charge < -0.3 is 15.3 Å². The molecule has 8 nitrogen and oxygen atoms in total. The summed E-state index contributed by atoms with van der Waals surface area (Å²) in [5, 5.41) is 35.9. The van der Waals surface area contributed by atoms with Crippen molar-refractivity contribution in [1.82, 2.24) is 0 Å². The zero-order chi connectivity index (χ0) is 30.7. The molecule has 1 aromatic rings. The van der Waals surface area contributed by atoms with E-state index in [9.17, 15) is 39.3 Å². The number of hydrogen-bond acceptors (Lipinski definition) is 8. The first-order valence-electron chi connectivity index (χ1n) is 14.1. The smallest absolute Gasteiger partial charge is 0.191 e. The standard InChI is InChI=1S/C32H42O8/c1-11-16-12-17(29(6,7)8)23(34)20-18(16)14(4)30(9)22(25(20)36)27(38)32(40)26(37)19(15(5)33)24(35)21(13(2)3)31(32,10)28(30)39/h12-14,19,21-22,28,34,39-40H,11H2,1-10H3/t14-,19?,21?,22?,28-,30+,31+,32+/m1/s1. The third kappa shape index (κ3) is 3.29. The topological polar surface area (TPSA) is 146 Å². The number of fused-ring (bicyclic) bond motifs is 3. The minimum absolute atomic E-state index is 0.0325. The Balaban J connectivity index is 2.12. The Morgan fingerprint density at radius 2 is 1.62 bits per heavy atom. The number of aliphatic hydroxyl groups is 2. The Morgan fingerprint density at radius 3 is 2.08 bits per heavy atom. The molecule has 2 saturated carbocycles. The molecule has 4 rings (SSSR count). The third-order valence-electron chi connectivity index (χ3n) is 10.6. The number of aryl methyl sites for hydroxylation is 1. The molecule has 1 aromatic carbocycles. The second-order valence-corrected chi connectivity index (χ2v) is 14.0. The summed E-state index contributed by atoms with van der Waals surface area (Å²) >= 11 is 0. The van der Waals surface area contributed by atoms with Gasteiger partial charge in [-0.3, -0.25) is 24.0 Å². The van der Waals surface area contributed by atoms with Gasteiger partial charge in [-0.05, 0) is 41.7 Å². The molecule has 0 heterocycles. The Labute approximate surface area is 235 Å². The molecule has 0 spiro atoms. The van der Waals surface area contributed by atoms with Crippen LogP contribution in [0.15, 0.2) is 6.07 Å². The highest BCUT2D eigenvalue weighted by atomic mass is 16.3. The fraction of sp³-hybridized carbons (Fsp3) is 0.656. The Bertz CT molecular complexity index is 1370. The molecule has 218 valence electrons. The molecule has 3 aliphatic carbocycles. The van der Waals surface area contributed by atoms with Crippen molar-refractivity contribution >= 4 is 28.9 Å². The summed E-state index contributed by atoms with van der Waals surface area (Å²) in [5.41, 5.74) is -5.24. The molecule has 0 amide bonds. The number of rotatable bonds is 3. The molecule has 0 aromatic heterocycles. The van der Waals surface area contributed by atoms with Crippen LogP contribution < -0.4 is 0 Å². The molecule has 40 heavy (non-hydrogen) atoms. The summed E-state index contributed by atoms with van der Waals surface area (Å²) in [6.07, 6.45) is -1.15. The maximum absolute atomic E-state index is 14.5. The zero-order valence-corrected chi connectivity index (χ0v) is 25.1. The number of phenolic OH excluding ortho intramolecular Hbond substituents is 1. The van der Waals surface area contributed by atoms with Crippen molar-refractivity contribution in [2.24, 2.45) is 34.5 Å². The molecule has 0 saturated heterocycles. The number of phenols is 1. The second kappa shape index (κ2) is 8.89. The summed E-state index contributed by atoms with van der Waals surface area (Å²) in [6, 6.07) is 1.86. The van der Waals surface area contributed by atoms with E-state index in [1.54, 1.807) is 27.7 Å². The first-order valence-corrected chi connectivity index (χ1v) is 14.1. The van der Waals surface area contributed by atoms with Crippen LogP contribution in [0.4, 0.5) is 0 Å². The van der Waals surface area contributed by atoms with Crippen molar-refractivity contribution in [1.29, 1.82) is 0 Å². The van der Waals surface area contributed by atoms with Gasteiger partial charge in [0.25, 0.3) is 0 Å². The first-order chi connectivity index (χ1) is 18.2. The molecule has 3 aliphatic rings. The van der Waals surface area contributed by atoms with E-state index >= 15 is 0 Å². The minimum Gasteiger partial charge on any atom is -0.507 e. The molecular weight excluding hydrogens is 512 g/mol. The van der Waals surface area contributed by atoms with Crippen molar-refractivity contribution < 1.29 is 39.3 Å². The lowest BCUT2D eigenvalue weighted by Crippen LogP contribution is -2.82. The van der Waals surface area contributed by atoms with E-state index in [1.165, 1.54) is 6.92 Å². The highest BCUT2D eigenvalue weighted by molar-refractivity contribution is 6.33. The lowest BCUT2D eigenvalue weighted by atomic mass is 9.37. The van der Waals surface area contributed by atoms with E-state index in [0.29, 0.717) is 17.5 Å². The number of ketones is 5. The average molecular weight is 555 g/mol. The summed E-state index contributed by atoms with van der Waals surface area (Å²) in [7, 11) is 0. The number of aromatic hydroxyl groups is 1. The molecule has 8 heteroatoms. The second-order valence-electron chi connectivity index (χ2n) is 14.0. The Morgan fingerprint density at radius 1 is 1.07 bits per heavy atom. The van der Waals surface area contributed by atoms with Crippen LogP contribution >= 0.6 is 0 Å². The molecule has 0 aliphatic heterocycles. The first kappa shape index (κ1) is 30.3. The van der Waals surface area contributed by atoms with Gasteiger partial charge in [-0.25, -0.2) is 0 Å². The maximum atomic E-state index is 14.5. The van der Waals surface area contributed by atoms with Gasteiger partial charge in [0.1, 0.15) is 17.5 Å². The van der Waals surface area contributed by atoms with Gasteiger partial charge in [0.15, 0.2) is 28.7 Å². The summed E-state index contributed by atoms with van der Waals surface area (Å²) in [5.74, 6) is -11.0. The van der Waals surface area contributed by atoms with Crippen LogP contribution in [0, 0.1) is 34.5 Å². The van der Waals surface area contributed by atoms with Gasteiger partial charge in [0, 0.05) is 22.3 Å². The van der Waals surface area contributed by atoms with Crippen LogP contribution in [0.25, 0.3) is 0 Å². The number of carbonyl (C=O) groups excluding carboxylic acids is 5. The van der Waals surface area contributed by atoms with Gasteiger partial charge in [-0.15, -0.1) is 0 Å². The SMILES string of the molecule is CCc1cc(C(C)(C)C)c(O)c2c1[C@@H](C)[C@@]1(C)C(C2=O)C(=O)[C@@]2(O)C(=O)C(C(C)=O)C(=O)C(C(C)C)[C@@]2(C)[C@@H]1O. The van der Waals surface area contributed by atoms with Gasteiger partial charge in [0.2, 0.25) is 0 Å². The fourth-order valence-electron chi connectivity index (χ4n) is 8.45. The number of Topliss-reactive ketones (excluding diaryl/α,β-unsaturated/α-hetero) is 5. The van der Waals surface area contributed by atoms with Gasteiger partial charge in [0.05, 0.1) is 17.6 Å². The Hall–Kier alpha value is -2.71. The largest absolute Gasteiger partial charge is 0.507 e. The highest BCUT2D eigenvalue weighted by Crippen LogP contribution is 2.67. The summed E-state index contributed by atoms with van der Waals surface area (Å²) in [4.78, 5) is 69.0. The van der Waals surface area contributed by atoms with Gasteiger partial charge in [-0.2, -0.15) is 0 Å². The van der Waals surface area contributed by atoms with Crippen molar-refractivity contribution in [2.75, 3.05) is 0 Å². The predicted octanol–water partition coefficient (Wildman–Crippen LogP) is 3.48. The maximum Gasteiger partial charge on any atom is 0.191 e. The van der Waals surface area contributed by atoms with Gasteiger partial charge >= 0.3 is 0 Å². The van der Waals surface area contributed by atoms with Crippen LogP contribution in [0.2, 0.25) is 0 Å². The quantitative estimate of drug-likeness (QED) is 0.482. The minimum atomic E-state index is -2.96. The molecule has 3 N–H and O–H groups in total. The number of hydrogen-bond donors (Lipinski definition) is 3. The average Bonchev–Trinajstić information content (AvgIpc) is 2.83. The van der Waals surface area contributed by atoms with E-state index in [2.05, 4.69) is 0 Å². The molecule has 3 unspecified atom stereocenters. The van der Waals surface area contributed by atoms with E-state index in [0.717, 1.165) is 12.5 Å². The van der Waals surface area contributed by atoms with Crippen LogP contribution in [-0.4, -0.2) is 55.9 Å². The van der Waals surface area contributed by atoms with Crippen LogP contribution in [0.5, 0.6) is 5.75 Å². The molecule has 0 radical (unpaired) electrons. The fourth-order valence-corrected chi connectivity index (χ4v) is 8.45. The lowest BCUT2D eigenvalue weighted by molar-refractivity contribution is -0.240. The number of carbonyl (C=O) groups is 5. The van der Waals surface area contributed by atoms with Crippen LogP contribution in [0.3, 0.4) is 0 Å². The molecule has 0 bridgehead atoms. The van der Waals surface area contributed by atoms with E-state index in [1.807, 2.05) is 33.8 Å². The Kier molecular flexibility index (Phi) is 6.73. The third-order valence-corrected chi connectivity index (χ3v) is 10.6. The van der Waals surface area contributed by atoms with Gasteiger partial charge in [-0.1, -0.05) is 68.4 Å². The number of aliphatic hydroxyl groups excluding tert-OH is 1. The van der Waals surface area contributed by atoms with E-state index < -0.39 is 86.5 Å². The van der Waals surface area contributed by atoms with Crippen molar-refractivity contribution in [3.63, 3.8) is 0 Å². The summed E-state index contributed by atoms with van der Waals surface area (Å²) < 4.78 is 0. The normalized spacial score (nSPS) is 37.8. The van der Waals surface area contributed by atoms with E-state index in [-0.39, 0.29) is 11.3 Å².